The smallest absolute Gasteiger partial charge is 0.125 e. The third kappa shape index (κ3) is 1.90. The summed E-state index contributed by atoms with van der Waals surface area (Å²) in [6.07, 6.45) is 2.97. The fraction of sp³-hybridized carbons (Fsp3) is 0.455. The minimum Gasteiger partial charge on any atom is -0.397 e. The lowest BCUT2D eigenvalue weighted by molar-refractivity contribution is 0.144. The first-order chi connectivity index (χ1) is 7.15. The van der Waals surface area contributed by atoms with E-state index >= 15 is 0 Å². The van der Waals surface area contributed by atoms with Crippen molar-refractivity contribution in [3.8, 4) is 0 Å². The second-order valence-electron chi connectivity index (χ2n) is 4.15. The minimum absolute atomic E-state index is 0.0871. The molecule has 0 bridgehead atoms. The SMILES string of the molecule is Nc1cc(F)ccc1NC1(CO)CCC1. The molecule has 4 N–H and O–H groups in total. The summed E-state index contributed by atoms with van der Waals surface area (Å²) in [6.45, 7) is 0.0871. The Kier molecular flexibility index (Phi) is 2.52. The summed E-state index contributed by atoms with van der Waals surface area (Å²) in [5.41, 5.74) is 6.52. The van der Waals surface area contributed by atoms with E-state index in [1.807, 2.05) is 0 Å². The van der Waals surface area contributed by atoms with Crippen LogP contribution in [0.1, 0.15) is 19.3 Å². The van der Waals surface area contributed by atoms with Gasteiger partial charge in [-0.25, -0.2) is 4.39 Å². The predicted molar refractivity (Wildman–Crippen MR) is 58.1 cm³/mol. The molecule has 0 aromatic heterocycles. The van der Waals surface area contributed by atoms with Crippen LogP contribution in [0.25, 0.3) is 0 Å². The average Bonchev–Trinajstić information content (AvgIpc) is 2.14. The highest BCUT2D eigenvalue weighted by Gasteiger charge is 2.36. The van der Waals surface area contributed by atoms with Crippen LogP contribution in [-0.2, 0) is 0 Å². The predicted octanol–water partition coefficient (Wildman–Crippen LogP) is 1.73. The molecule has 2 rings (SSSR count). The van der Waals surface area contributed by atoms with Crippen molar-refractivity contribution in [2.45, 2.75) is 24.8 Å². The lowest BCUT2D eigenvalue weighted by Gasteiger charge is -2.42. The molecule has 0 heterocycles. The zero-order chi connectivity index (χ0) is 10.9. The number of nitrogens with two attached hydrogens (primary N) is 1. The van der Waals surface area contributed by atoms with Gasteiger partial charge in [-0.3, -0.25) is 0 Å². The molecule has 0 radical (unpaired) electrons. The van der Waals surface area contributed by atoms with Gasteiger partial charge < -0.3 is 16.2 Å². The number of nitrogen functional groups attached to an aromatic ring is 1. The van der Waals surface area contributed by atoms with Crippen molar-refractivity contribution in [3.05, 3.63) is 24.0 Å². The number of hydrogen-bond donors (Lipinski definition) is 3. The van der Waals surface area contributed by atoms with Crippen LogP contribution in [0.5, 0.6) is 0 Å². The minimum atomic E-state index is -0.343. The lowest BCUT2D eigenvalue weighted by Crippen LogP contribution is -2.48. The van der Waals surface area contributed by atoms with Gasteiger partial charge in [0.1, 0.15) is 5.82 Å². The van der Waals surface area contributed by atoms with Crippen molar-refractivity contribution in [1.82, 2.24) is 0 Å². The topological polar surface area (TPSA) is 58.3 Å². The van der Waals surface area contributed by atoms with Gasteiger partial charge in [0.25, 0.3) is 0 Å². The number of rotatable bonds is 3. The third-order valence-corrected chi connectivity index (χ3v) is 3.03. The van der Waals surface area contributed by atoms with Gasteiger partial charge in [-0.2, -0.15) is 0 Å². The van der Waals surface area contributed by atoms with Gasteiger partial charge in [-0.15, -0.1) is 0 Å². The van der Waals surface area contributed by atoms with Gasteiger partial charge in [0.15, 0.2) is 0 Å². The Hall–Kier alpha value is -1.29. The van der Waals surface area contributed by atoms with E-state index in [1.165, 1.54) is 12.1 Å². The van der Waals surface area contributed by atoms with E-state index in [9.17, 15) is 9.50 Å². The van der Waals surface area contributed by atoms with Crippen molar-refractivity contribution < 1.29 is 9.50 Å². The quantitative estimate of drug-likeness (QED) is 0.666. The summed E-state index contributed by atoms with van der Waals surface area (Å²) in [5.74, 6) is -0.343. The molecular weight excluding hydrogens is 195 g/mol. The third-order valence-electron chi connectivity index (χ3n) is 3.03. The van der Waals surface area contributed by atoms with E-state index in [0.717, 1.165) is 19.3 Å². The Morgan fingerprint density at radius 3 is 2.67 bits per heavy atom. The molecule has 0 saturated heterocycles. The molecule has 1 saturated carbocycles. The van der Waals surface area contributed by atoms with Crippen LogP contribution in [0.4, 0.5) is 15.8 Å². The summed E-state index contributed by atoms with van der Waals surface area (Å²) in [4.78, 5) is 0. The highest BCUT2D eigenvalue weighted by molar-refractivity contribution is 5.67. The molecule has 4 heteroatoms. The van der Waals surface area contributed by atoms with E-state index in [4.69, 9.17) is 5.73 Å². The normalized spacial score (nSPS) is 18.3. The monoisotopic (exact) mass is 210 g/mol. The second-order valence-corrected chi connectivity index (χ2v) is 4.15. The van der Waals surface area contributed by atoms with Crippen molar-refractivity contribution in [1.29, 1.82) is 0 Å². The molecular formula is C11H15FN2O. The fourth-order valence-electron chi connectivity index (χ4n) is 1.86. The maximum absolute atomic E-state index is 12.8. The molecule has 1 aliphatic carbocycles. The highest BCUT2D eigenvalue weighted by Crippen LogP contribution is 2.36. The van der Waals surface area contributed by atoms with Gasteiger partial charge in [0, 0.05) is 0 Å². The van der Waals surface area contributed by atoms with Crippen LogP contribution in [-0.4, -0.2) is 17.3 Å². The summed E-state index contributed by atoms with van der Waals surface area (Å²) in [7, 11) is 0. The first-order valence-corrected chi connectivity index (χ1v) is 5.09. The van der Waals surface area contributed by atoms with E-state index in [1.54, 1.807) is 6.07 Å². The number of hydrogen-bond acceptors (Lipinski definition) is 3. The Bertz CT molecular complexity index is 358. The summed E-state index contributed by atoms with van der Waals surface area (Å²) in [5, 5.41) is 12.5. The van der Waals surface area contributed by atoms with E-state index in [-0.39, 0.29) is 18.0 Å². The molecule has 1 fully saturated rings. The molecule has 1 aliphatic rings. The molecule has 1 aromatic rings. The molecule has 0 aliphatic heterocycles. The first-order valence-electron chi connectivity index (χ1n) is 5.09. The van der Waals surface area contributed by atoms with E-state index in [2.05, 4.69) is 5.32 Å². The fourth-order valence-corrected chi connectivity index (χ4v) is 1.86. The maximum Gasteiger partial charge on any atom is 0.125 e. The molecule has 0 amide bonds. The Labute approximate surface area is 88.1 Å². The number of aliphatic hydroxyl groups excluding tert-OH is 1. The molecule has 0 spiro atoms. The number of halogens is 1. The van der Waals surface area contributed by atoms with E-state index < -0.39 is 0 Å². The maximum atomic E-state index is 12.8. The first kappa shape index (κ1) is 10.2. The molecule has 3 nitrogen and oxygen atoms in total. The molecule has 0 atom stereocenters. The molecule has 82 valence electrons. The Balaban J connectivity index is 2.16. The zero-order valence-corrected chi connectivity index (χ0v) is 8.46. The number of benzene rings is 1. The van der Waals surface area contributed by atoms with Crippen LogP contribution in [0.15, 0.2) is 18.2 Å². The summed E-state index contributed by atoms with van der Waals surface area (Å²) < 4.78 is 12.8. The Morgan fingerprint density at radius 2 is 2.20 bits per heavy atom. The summed E-state index contributed by atoms with van der Waals surface area (Å²) >= 11 is 0. The van der Waals surface area contributed by atoms with Crippen LogP contribution in [0, 0.1) is 5.82 Å². The van der Waals surface area contributed by atoms with Crippen LogP contribution >= 0.6 is 0 Å². The second kappa shape index (κ2) is 3.70. The van der Waals surface area contributed by atoms with Gasteiger partial charge in [-0.05, 0) is 37.5 Å². The van der Waals surface area contributed by atoms with Crippen LogP contribution in [0.2, 0.25) is 0 Å². The number of aliphatic hydroxyl groups is 1. The van der Waals surface area contributed by atoms with Crippen molar-refractivity contribution in [2.24, 2.45) is 0 Å². The van der Waals surface area contributed by atoms with E-state index in [0.29, 0.717) is 11.4 Å². The van der Waals surface area contributed by atoms with Gasteiger partial charge in [0.05, 0.1) is 23.5 Å². The summed E-state index contributed by atoms with van der Waals surface area (Å²) in [6, 6.07) is 4.26. The largest absolute Gasteiger partial charge is 0.397 e. The zero-order valence-electron chi connectivity index (χ0n) is 8.46. The Morgan fingerprint density at radius 1 is 1.47 bits per heavy atom. The van der Waals surface area contributed by atoms with Crippen LogP contribution in [0.3, 0.4) is 0 Å². The molecule has 15 heavy (non-hydrogen) atoms. The average molecular weight is 210 g/mol. The molecule has 0 unspecified atom stereocenters. The van der Waals surface area contributed by atoms with Crippen molar-refractivity contribution in [3.63, 3.8) is 0 Å². The van der Waals surface area contributed by atoms with Gasteiger partial charge in [0.2, 0.25) is 0 Å². The highest BCUT2D eigenvalue weighted by atomic mass is 19.1. The molecule has 1 aromatic carbocycles. The van der Waals surface area contributed by atoms with Crippen LogP contribution < -0.4 is 11.1 Å². The number of anilines is 2. The lowest BCUT2D eigenvalue weighted by atomic mass is 9.77. The van der Waals surface area contributed by atoms with Gasteiger partial charge >= 0.3 is 0 Å². The van der Waals surface area contributed by atoms with Gasteiger partial charge in [-0.1, -0.05) is 0 Å². The number of nitrogens with one attached hydrogen (secondary N) is 1. The van der Waals surface area contributed by atoms with Crippen molar-refractivity contribution >= 4 is 11.4 Å². The standard InChI is InChI=1S/C11H15FN2O/c12-8-2-3-10(9(13)6-8)14-11(7-15)4-1-5-11/h2-3,6,14-15H,1,4-5,7,13H2. The van der Waals surface area contributed by atoms with Crippen molar-refractivity contribution in [2.75, 3.05) is 17.7 Å².